The van der Waals surface area contributed by atoms with Gasteiger partial charge in [-0.1, -0.05) is 49.4 Å². The monoisotopic (exact) mass is 521 g/mol. The van der Waals surface area contributed by atoms with Crippen molar-refractivity contribution in [1.29, 1.82) is 0 Å². The Bertz CT molecular complexity index is 1300. The van der Waals surface area contributed by atoms with Crippen LogP contribution in [0.2, 0.25) is 0 Å². The fourth-order valence-corrected chi connectivity index (χ4v) is 6.21. The molecule has 0 spiro atoms. The fourth-order valence-electron chi connectivity index (χ4n) is 4.75. The van der Waals surface area contributed by atoms with Crippen molar-refractivity contribution in [3.05, 3.63) is 84.4 Å². The molecule has 1 aliphatic rings. The summed E-state index contributed by atoms with van der Waals surface area (Å²) in [6, 6.07) is 22.8. The topological polar surface area (TPSA) is 79.0 Å². The third-order valence-corrected chi connectivity index (χ3v) is 8.54. The number of rotatable bonds is 9. The lowest BCUT2D eigenvalue weighted by atomic mass is 9.99. The van der Waals surface area contributed by atoms with Crippen molar-refractivity contribution in [3.63, 3.8) is 0 Å². The second kappa shape index (κ2) is 11.7. The molecule has 1 aliphatic heterocycles. The second-order valence-electron chi connectivity index (χ2n) is 9.57. The molecule has 2 unspecified atom stereocenters. The number of ether oxygens (including phenoxy) is 1. The first kappa shape index (κ1) is 26.5. The van der Waals surface area contributed by atoms with Gasteiger partial charge < -0.3 is 15.0 Å². The highest BCUT2D eigenvalue weighted by Crippen LogP contribution is 2.32. The van der Waals surface area contributed by atoms with Gasteiger partial charge in [-0.15, -0.1) is 0 Å². The van der Waals surface area contributed by atoms with Crippen LogP contribution in [0.4, 0.5) is 11.4 Å². The molecule has 7 nitrogen and oxygen atoms in total. The Morgan fingerprint density at radius 1 is 1.05 bits per heavy atom. The van der Waals surface area contributed by atoms with Gasteiger partial charge in [-0.3, -0.25) is 9.10 Å². The van der Waals surface area contributed by atoms with E-state index in [0.717, 1.165) is 23.0 Å². The summed E-state index contributed by atoms with van der Waals surface area (Å²) < 4.78 is 33.7. The number of para-hydroxylation sites is 2. The highest BCUT2D eigenvalue weighted by molar-refractivity contribution is 7.92. The number of hydrogen-bond donors (Lipinski definition) is 1. The van der Waals surface area contributed by atoms with Crippen LogP contribution in [0.3, 0.4) is 0 Å². The Morgan fingerprint density at radius 2 is 1.73 bits per heavy atom. The van der Waals surface area contributed by atoms with Gasteiger partial charge in [-0.05, 0) is 67.6 Å². The number of sulfonamides is 1. The Balaban J connectivity index is 1.52. The number of nitrogens with zero attached hydrogens (tertiary/aromatic N) is 2. The maximum Gasteiger partial charge on any atom is 0.264 e. The Hall–Kier alpha value is -3.52. The molecule has 4 rings (SSSR count). The molecule has 37 heavy (non-hydrogen) atoms. The lowest BCUT2D eigenvalue weighted by Gasteiger charge is -2.33. The molecular weight excluding hydrogens is 486 g/mol. The van der Waals surface area contributed by atoms with E-state index < -0.39 is 15.9 Å². The zero-order valence-corrected chi connectivity index (χ0v) is 22.4. The lowest BCUT2D eigenvalue weighted by molar-refractivity contribution is -0.120. The molecular formula is C29H35N3O4S. The average Bonchev–Trinajstić information content (AvgIpc) is 2.92. The number of methoxy groups -OCH3 is 1. The molecule has 0 aromatic heterocycles. The smallest absolute Gasteiger partial charge is 0.264 e. The van der Waals surface area contributed by atoms with E-state index in [1.165, 1.54) is 37.8 Å². The van der Waals surface area contributed by atoms with Crippen molar-refractivity contribution < 1.29 is 17.9 Å². The largest absolute Gasteiger partial charge is 0.495 e. The van der Waals surface area contributed by atoms with Gasteiger partial charge in [0.15, 0.2) is 0 Å². The summed E-state index contributed by atoms with van der Waals surface area (Å²) in [5.74, 6) is 0.641. The minimum Gasteiger partial charge on any atom is -0.495 e. The molecule has 1 heterocycles. The molecule has 0 radical (unpaired) electrons. The number of benzene rings is 3. The van der Waals surface area contributed by atoms with Gasteiger partial charge in [-0.2, -0.15) is 0 Å². The van der Waals surface area contributed by atoms with Crippen LogP contribution >= 0.6 is 0 Å². The average molecular weight is 522 g/mol. The van der Waals surface area contributed by atoms with Crippen LogP contribution in [-0.2, 0) is 14.8 Å². The first-order chi connectivity index (χ1) is 17.8. The van der Waals surface area contributed by atoms with Crippen molar-refractivity contribution in [3.8, 4) is 5.75 Å². The third-order valence-electron chi connectivity index (χ3n) is 6.77. The molecule has 3 aromatic rings. The van der Waals surface area contributed by atoms with Gasteiger partial charge in [0.05, 0.1) is 23.7 Å². The number of nitrogens with one attached hydrogen (secondary N) is 1. The molecule has 3 aromatic carbocycles. The second-order valence-corrected chi connectivity index (χ2v) is 11.4. The zero-order valence-electron chi connectivity index (χ0n) is 21.6. The fraction of sp³-hybridized carbons (Fsp3) is 0.345. The molecule has 1 amide bonds. The molecule has 1 saturated heterocycles. The van der Waals surface area contributed by atoms with E-state index >= 15 is 0 Å². The van der Waals surface area contributed by atoms with Gasteiger partial charge in [0.2, 0.25) is 5.91 Å². The Kier molecular flexibility index (Phi) is 8.38. The molecule has 1 N–H and O–H groups in total. The van der Waals surface area contributed by atoms with E-state index in [9.17, 15) is 13.2 Å². The summed E-state index contributed by atoms with van der Waals surface area (Å²) >= 11 is 0. The van der Waals surface area contributed by atoms with E-state index in [4.69, 9.17) is 4.74 Å². The van der Waals surface area contributed by atoms with E-state index in [0.29, 0.717) is 17.4 Å². The summed E-state index contributed by atoms with van der Waals surface area (Å²) in [6.45, 7) is 5.91. The van der Waals surface area contributed by atoms with Crippen molar-refractivity contribution >= 4 is 27.3 Å². The van der Waals surface area contributed by atoms with Crippen LogP contribution < -0.4 is 19.3 Å². The molecule has 196 valence electrons. The van der Waals surface area contributed by atoms with E-state index in [1.807, 2.05) is 19.1 Å². The zero-order chi connectivity index (χ0) is 26.4. The predicted octanol–water partition coefficient (Wildman–Crippen LogP) is 5.00. The van der Waals surface area contributed by atoms with Gasteiger partial charge in [-0.25, -0.2) is 8.42 Å². The maximum atomic E-state index is 13.6. The Morgan fingerprint density at radius 3 is 2.41 bits per heavy atom. The van der Waals surface area contributed by atoms with Crippen LogP contribution in [0, 0.1) is 5.92 Å². The van der Waals surface area contributed by atoms with Crippen LogP contribution in [0.25, 0.3) is 0 Å². The van der Waals surface area contributed by atoms with Crippen LogP contribution in [-0.4, -0.2) is 41.1 Å². The van der Waals surface area contributed by atoms with Crippen molar-refractivity contribution in [2.24, 2.45) is 5.92 Å². The number of carbonyl (C=O) groups excluding carboxylic acids is 1. The quantitative estimate of drug-likeness (QED) is 0.429. The number of amides is 1. The molecule has 0 bridgehead atoms. The van der Waals surface area contributed by atoms with E-state index in [2.05, 4.69) is 29.3 Å². The lowest BCUT2D eigenvalue weighted by Crippen LogP contribution is -2.41. The molecule has 0 aliphatic carbocycles. The molecule has 2 atom stereocenters. The number of carbonyl (C=O) groups is 1. The summed E-state index contributed by atoms with van der Waals surface area (Å²) in [5, 5.41) is 2.96. The van der Waals surface area contributed by atoms with Crippen LogP contribution in [0.5, 0.6) is 5.75 Å². The highest BCUT2D eigenvalue weighted by Gasteiger charge is 2.29. The predicted molar refractivity (Wildman–Crippen MR) is 148 cm³/mol. The summed E-state index contributed by atoms with van der Waals surface area (Å²) in [4.78, 5) is 15.7. The van der Waals surface area contributed by atoms with Gasteiger partial charge >= 0.3 is 0 Å². The van der Waals surface area contributed by atoms with Gasteiger partial charge in [0.1, 0.15) is 12.3 Å². The molecule has 0 saturated carbocycles. The third kappa shape index (κ3) is 6.25. The SMILES string of the molecule is COc1ccccc1N(CC(=O)NC(C)c1ccc(N2CCCC(C)C2)cc1)S(=O)(=O)c1ccccc1. The van der Waals surface area contributed by atoms with Gasteiger partial charge in [0.25, 0.3) is 10.0 Å². The minimum atomic E-state index is -4.02. The molecule has 1 fully saturated rings. The summed E-state index contributed by atoms with van der Waals surface area (Å²) in [6.07, 6.45) is 2.47. The number of anilines is 2. The van der Waals surface area contributed by atoms with E-state index in [1.54, 1.807) is 42.5 Å². The van der Waals surface area contributed by atoms with E-state index in [-0.39, 0.29) is 17.5 Å². The van der Waals surface area contributed by atoms with Crippen molar-refractivity contribution in [2.45, 2.75) is 37.6 Å². The standard InChI is InChI=1S/C29H35N3O4S/c1-22-10-9-19-31(20-22)25-17-15-24(16-18-25)23(2)30-29(33)21-32(27-13-7-8-14-28(27)36-3)37(34,35)26-11-5-4-6-12-26/h4-8,11-18,22-23H,9-10,19-21H2,1-3H3,(H,30,33). The van der Waals surface area contributed by atoms with Gasteiger partial charge in [0, 0.05) is 18.8 Å². The Labute approximate surface area is 220 Å². The van der Waals surface area contributed by atoms with Crippen LogP contribution in [0.15, 0.2) is 83.8 Å². The maximum absolute atomic E-state index is 13.6. The minimum absolute atomic E-state index is 0.101. The van der Waals surface area contributed by atoms with Crippen molar-refractivity contribution in [2.75, 3.05) is 35.9 Å². The van der Waals surface area contributed by atoms with Crippen LogP contribution in [0.1, 0.15) is 38.3 Å². The summed E-state index contributed by atoms with van der Waals surface area (Å²) in [7, 11) is -2.54. The number of hydrogen-bond acceptors (Lipinski definition) is 5. The normalized spacial score (nSPS) is 16.6. The highest BCUT2D eigenvalue weighted by atomic mass is 32.2. The summed E-state index contributed by atoms with van der Waals surface area (Å²) in [5.41, 5.74) is 2.44. The first-order valence-electron chi connectivity index (χ1n) is 12.6. The molecule has 8 heteroatoms. The van der Waals surface area contributed by atoms with Crippen molar-refractivity contribution in [1.82, 2.24) is 5.32 Å². The number of piperidine rings is 1. The first-order valence-corrected chi connectivity index (χ1v) is 14.1.